The summed E-state index contributed by atoms with van der Waals surface area (Å²) in [6.07, 6.45) is 2.23. The molecule has 6 nitrogen and oxygen atoms in total. The Hall–Kier alpha value is -2.11. The van der Waals surface area contributed by atoms with Crippen molar-refractivity contribution in [1.29, 1.82) is 0 Å². The molecule has 2 N–H and O–H groups in total. The fourth-order valence-corrected chi connectivity index (χ4v) is 2.15. The van der Waals surface area contributed by atoms with Crippen LogP contribution in [0, 0.1) is 10.1 Å². The molecule has 1 aliphatic carbocycles. The number of anilines is 2. The summed E-state index contributed by atoms with van der Waals surface area (Å²) in [6, 6.07) is 3.16. The maximum Gasteiger partial charge on any atom is 0.292 e. The van der Waals surface area contributed by atoms with E-state index in [0.29, 0.717) is 16.9 Å². The van der Waals surface area contributed by atoms with Crippen LogP contribution in [0.5, 0.6) is 0 Å². The van der Waals surface area contributed by atoms with Crippen molar-refractivity contribution in [2.75, 3.05) is 10.6 Å². The smallest absolute Gasteiger partial charge is 0.292 e. The van der Waals surface area contributed by atoms with Crippen molar-refractivity contribution in [1.82, 2.24) is 0 Å². The van der Waals surface area contributed by atoms with E-state index in [2.05, 4.69) is 10.6 Å². The van der Waals surface area contributed by atoms with Crippen molar-refractivity contribution in [2.45, 2.75) is 31.7 Å². The van der Waals surface area contributed by atoms with Gasteiger partial charge in [0, 0.05) is 17.3 Å². The lowest BCUT2D eigenvalue weighted by Gasteiger charge is -2.14. The normalized spacial score (nSPS) is 19.1. The van der Waals surface area contributed by atoms with E-state index < -0.39 is 4.92 Å². The number of nitrogens with zero attached hydrogens (tertiary/aromatic N) is 1. The van der Waals surface area contributed by atoms with E-state index in [9.17, 15) is 14.9 Å². The predicted octanol–water partition coefficient (Wildman–Crippen LogP) is 2.05. The number of fused-ring (bicyclic) bond motifs is 1. The summed E-state index contributed by atoms with van der Waals surface area (Å²) in [4.78, 5) is 22.0. The highest BCUT2D eigenvalue weighted by Gasteiger charge is 2.39. The zero-order valence-electron chi connectivity index (χ0n) is 9.95. The van der Waals surface area contributed by atoms with Gasteiger partial charge in [0.05, 0.1) is 11.3 Å². The molecule has 94 valence electrons. The molecular weight excluding hydrogens is 234 g/mol. The minimum absolute atomic E-state index is 0.0401. The SMILES string of the molecule is CC1(Nc2cc3c(cc2[N+](=O)[O-])CC(=O)N3)CC1. The zero-order valence-corrected chi connectivity index (χ0v) is 9.95. The van der Waals surface area contributed by atoms with Crippen molar-refractivity contribution >= 4 is 23.0 Å². The topological polar surface area (TPSA) is 84.3 Å². The average Bonchev–Trinajstić information content (AvgIpc) is 2.87. The van der Waals surface area contributed by atoms with E-state index >= 15 is 0 Å². The fraction of sp³-hybridized carbons (Fsp3) is 0.417. The third kappa shape index (κ3) is 1.79. The largest absolute Gasteiger partial charge is 0.374 e. The van der Waals surface area contributed by atoms with Crippen LogP contribution in [-0.4, -0.2) is 16.4 Å². The quantitative estimate of drug-likeness (QED) is 0.632. The number of benzene rings is 1. The molecule has 0 bridgehead atoms. The first-order valence-electron chi connectivity index (χ1n) is 5.86. The Morgan fingerprint density at radius 2 is 2.17 bits per heavy atom. The summed E-state index contributed by atoms with van der Waals surface area (Å²) in [6.45, 7) is 2.03. The first-order chi connectivity index (χ1) is 8.47. The van der Waals surface area contributed by atoms with Gasteiger partial charge in [0.15, 0.2) is 0 Å². The van der Waals surface area contributed by atoms with Gasteiger partial charge in [0.1, 0.15) is 5.69 Å². The van der Waals surface area contributed by atoms with Gasteiger partial charge in [-0.05, 0) is 31.4 Å². The van der Waals surface area contributed by atoms with Crippen LogP contribution in [0.3, 0.4) is 0 Å². The van der Waals surface area contributed by atoms with E-state index in [1.54, 1.807) is 6.07 Å². The summed E-state index contributed by atoms with van der Waals surface area (Å²) in [7, 11) is 0. The van der Waals surface area contributed by atoms with Crippen LogP contribution in [0.2, 0.25) is 0 Å². The number of nitro benzene ring substituents is 1. The lowest BCUT2D eigenvalue weighted by molar-refractivity contribution is -0.384. The Morgan fingerprint density at radius 3 is 2.78 bits per heavy atom. The van der Waals surface area contributed by atoms with Crippen molar-refractivity contribution in [2.24, 2.45) is 0 Å². The third-order valence-electron chi connectivity index (χ3n) is 3.48. The highest BCUT2D eigenvalue weighted by atomic mass is 16.6. The van der Waals surface area contributed by atoms with Gasteiger partial charge in [-0.1, -0.05) is 0 Å². The van der Waals surface area contributed by atoms with Crippen LogP contribution in [0.4, 0.5) is 17.1 Å². The predicted molar refractivity (Wildman–Crippen MR) is 66.7 cm³/mol. The van der Waals surface area contributed by atoms with Gasteiger partial charge in [-0.2, -0.15) is 0 Å². The second kappa shape index (κ2) is 3.44. The van der Waals surface area contributed by atoms with Gasteiger partial charge in [-0.25, -0.2) is 0 Å². The number of nitro groups is 1. The standard InChI is InChI=1S/C12H13N3O3/c1-12(2-3-12)14-9-6-8-7(5-11(16)13-8)4-10(9)15(17)18/h4,6,14H,2-3,5H2,1H3,(H,13,16). The molecule has 1 saturated carbocycles. The molecule has 1 heterocycles. The molecule has 1 amide bonds. The van der Waals surface area contributed by atoms with Crippen molar-refractivity contribution in [3.63, 3.8) is 0 Å². The van der Waals surface area contributed by atoms with Gasteiger partial charge in [0.25, 0.3) is 5.69 Å². The molecule has 0 unspecified atom stereocenters. The molecule has 1 aliphatic heterocycles. The van der Waals surface area contributed by atoms with Crippen LogP contribution in [0.1, 0.15) is 25.3 Å². The number of nitrogens with one attached hydrogen (secondary N) is 2. The minimum Gasteiger partial charge on any atom is -0.374 e. The Labute approximate surface area is 104 Å². The van der Waals surface area contributed by atoms with E-state index in [1.807, 2.05) is 6.92 Å². The Morgan fingerprint density at radius 1 is 1.44 bits per heavy atom. The van der Waals surface area contributed by atoms with Crippen LogP contribution in [-0.2, 0) is 11.2 Å². The first kappa shape index (κ1) is 11.0. The molecule has 0 radical (unpaired) electrons. The summed E-state index contributed by atoms with van der Waals surface area (Å²) in [5.41, 5.74) is 1.86. The van der Waals surface area contributed by atoms with Crippen molar-refractivity contribution in [3.8, 4) is 0 Å². The molecular formula is C12H13N3O3. The number of carbonyl (C=O) groups is 1. The number of amides is 1. The maximum absolute atomic E-state index is 11.3. The van der Waals surface area contributed by atoms with Crippen LogP contribution in [0.25, 0.3) is 0 Å². The summed E-state index contributed by atoms with van der Waals surface area (Å²) >= 11 is 0. The number of hydrogen-bond acceptors (Lipinski definition) is 4. The third-order valence-corrected chi connectivity index (χ3v) is 3.48. The molecule has 3 rings (SSSR count). The zero-order chi connectivity index (χ0) is 12.9. The van der Waals surface area contributed by atoms with Crippen molar-refractivity contribution in [3.05, 3.63) is 27.8 Å². The Balaban J connectivity index is 2.03. The molecule has 1 aromatic rings. The van der Waals surface area contributed by atoms with Gasteiger partial charge in [-0.15, -0.1) is 0 Å². The summed E-state index contributed by atoms with van der Waals surface area (Å²) in [5, 5.41) is 17.0. The van der Waals surface area contributed by atoms with E-state index in [0.717, 1.165) is 12.8 Å². The summed E-state index contributed by atoms with van der Waals surface area (Å²) in [5.74, 6) is -0.117. The average molecular weight is 247 g/mol. The van der Waals surface area contributed by atoms with E-state index in [-0.39, 0.29) is 23.6 Å². The van der Waals surface area contributed by atoms with E-state index in [1.165, 1.54) is 6.07 Å². The Bertz CT molecular complexity index is 564. The monoisotopic (exact) mass is 247 g/mol. The molecule has 0 spiro atoms. The number of carbonyl (C=O) groups excluding carboxylic acids is 1. The van der Waals surface area contributed by atoms with Gasteiger partial charge in [-0.3, -0.25) is 14.9 Å². The molecule has 2 aliphatic rings. The van der Waals surface area contributed by atoms with Crippen LogP contribution >= 0.6 is 0 Å². The van der Waals surface area contributed by atoms with Crippen LogP contribution in [0.15, 0.2) is 12.1 Å². The highest BCUT2D eigenvalue weighted by molar-refractivity contribution is 6.00. The Kier molecular flexibility index (Phi) is 2.10. The number of rotatable bonds is 3. The second-order valence-corrected chi connectivity index (χ2v) is 5.19. The van der Waals surface area contributed by atoms with Gasteiger partial charge >= 0.3 is 0 Å². The van der Waals surface area contributed by atoms with E-state index in [4.69, 9.17) is 0 Å². The summed E-state index contributed by atoms with van der Waals surface area (Å²) < 4.78 is 0. The lowest BCUT2D eigenvalue weighted by atomic mass is 10.1. The first-order valence-corrected chi connectivity index (χ1v) is 5.86. The lowest BCUT2D eigenvalue weighted by Crippen LogP contribution is -2.17. The molecule has 18 heavy (non-hydrogen) atoms. The highest BCUT2D eigenvalue weighted by Crippen LogP contribution is 2.42. The van der Waals surface area contributed by atoms with Gasteiger partial charge < -0.3 is 10.6 Å². The minimum atomic E-state index is -0.406. The van der Waals surface area contributed by atoms with Crippen LogP contribution < -0.4 is 10.6 Å². The molecule has 1 aromatic carbocycles. The second-order valence-electron chi connectivity index (χ2n) is 5.19. The molecule has 0 aromatic heterocycles. The molecule has 0 saturated heterocycles. The number of hydrogen-bond donors (Lipinski definition) is 2. The van der Waals surface area contributed by atoms with Crippen molar-refractivity contribution < 1.29 is 9.72 Å². The maximum atomic E-state index is 11.3. The fourth-order valence-electron chi connectivity index (χ4n) is 2.15. The molecule has 1 fully saturated rings. The van der Waals surface area contributed by atoms with Gasteiger partial charge in [0.2, 0.25) is 5.91 Å². The molecule has 0 atom stereocenters. The molecule has 6 heteroatoms.